The van der Waals surface area contributed by atoms with Gasteiger partial charge in [-0.15, -0.1) is 0 Å². The lowest BCUT2D eigenvalue weighted by Crippen LogP contribution is -2.63. The van der Waals surface area contributed by atoms with E-state index in [9.17, 15) is 27.9 Å². The number of halogens is 3. The number of nitrogens with one attached hydrogen (secondary N) is 2. The van der Waals surface area contributed by atoms with Gasteiger partial charge in [0, 0.05) is 37.3 Å². The van der Waals surface area contributed by atoms with Gasteiger partial charge >= 0.3 is 0 Å². The quantitative estimate of drug-likeness (QED) is 0.176. The van der Waals surface area contributed by atoms with E-state index in [0.717, 1.165) is 53.0 Å². The van der Waals surface area contributed by atoms with E-state index in [1.165, 1.54) is 0 Å². The Labute approximate surface area is 301 Å². The Hall–Kier alpha value is -4.39. The summed E-state index contributed by atoms with van der Waals surface area (Å²) in [5, 5.41) is 16.8. The second kappa shape index (κ2) is 15.7. The zero-order valence-electron chi connectivity index (χ0n) is 29.3. The van der Waals surface area contributed by atoms with Gasteiger partial charge in [-0.05, 0) is 92.0 Å². The first-order valence-corrected chi connectivity index (χ1v) is 18.2. The van der Waals surface area contributed by atoms with Gasteiger partial charge < -0.3 is 35.0 Å². The second-order valence-electron chi connectivity index (χ2n) is 14.3. The summed E-state index contributed by atoms with van der Waals surface area (Å²) in [7, 11) is 0. The fourth-order valence-corrected chi connectivity index (χ4v) is 7.59. The van der Waals surface area contributed by atoms with Crippen LogP contribution in [-0.2, 0) is 16.0 Å². The molecule has 0 spiro atoms. The molecule has 2 saturated heterocycles. The number of aliphatic hydroxyl groups is 1. The zero-order chi connectivity index (χ0) is 36.4. The van der Waals surface area contributed by atoms with Crippen molar-refractivity contribution in [1.29, 1.82) is 0 Å². The number of hydrogen-bond donors (Lipinski definition) is 3. The maximum atomic E-state index is 14.7. The number of ether oxygens (including phenoxy) is 2. The highest BCUT2D eigenvalue weighted by atomic mass is 19.2. The SMILES string of the molecule is Cc1cccc(OCCN(C(=O)C2=C(c3ccc(CCCOc4c(F)ccc(F)c4F)cc3)C[C@H]3CN(C(=O)C4CC(O)CN4)C[C@@H]2N3)C2CC2)c1. The molecule has 2 unspecified atom stereocenters. The lowest BCUT2D eigenvalue weighted by molar-refractivity contribution is -0.136. The highest BCUT2D eigenvalue weighted by Gasteiger charge is 2.44. The molecule has 2 bridgehead atoms. The summed E-state index contributed by atoms with van der Waals surface area (Å²) in [5.74, 6) is -3.51. The standard InChI is InChI=1S/C40H45F3N4O5/c1-24-4-2-6-30(18-24)51-17-15-47(28-11-12-28)40(50)36-31(19-27-22-46(23-35(36)45-27)39(49)34-20-29(48)21-44-34)26-9-7-25(8-10-26)5-3-16-52-38-33(42)14-13-32(41)37(38)43/h2,4,6-10,13-14,18,27-29,34-35,44-45,48H,3,5,11-12,15-17,19-23H2,1H3/t27-,29?,34?,35-/m0/s1. The third kappa shape index (κ3) is 8.14. The first-order chi connectivity index (χ1) is 25.1. The van der Waals surface area contributed by atoms with Gasteiger partial charge in [-0.3, -0.25) is 9.59 Å². The molecule has 276 valence electrons. The van der Waals surface area contributed by atoms with Crippen molar-refractivity contribution in [3.8, 4) is 11.5 Å². The van der Waals surface area contributed by atoms with Crippen LogP contribution in [0.5, 0.6) is 11.5 Å². The molecule has 2 amide bonds. The van der Waals surface area contributed by atoms with Crippen LogP contribution in [0.15, 0.2) is 66.2 Å². The molecule has 12 heteroatoms. The highest BCUT2D eigenvalue weighted by molar-refractivity contribution is 6.03. The number of benzene rings is 3. The zero-order valence-corrected chi connectivity index (χ0v) is 29.3. The van der Waals surface area contributed by atoms with Crippen LogP contribution in [0.2, 0.25) is 0 Å². The van der Waals surface area contributed by atoms with Gasteiger partial charge in [0.15, 0.2) is 17.4 Å². The predicted octanol–water partition coefficient (Wildman–Crippen LogP) is 4.54. The number of nitrogens with zero attached hydrogens (tertiary/aromatic N) is 2. The molecule has 3 heterocycles. The molecule has 52 heavy (non-hydrogen) atoms. The molecule has 3 aromatic rings. The lowest BCUT2D eigenvalue weighted by atomic mass is 9.82. The summed E-state index contributed by atoms with van der Waals surface area (Å²) >= 11 is 0. The van der Waals surface area contributed by atoms with Crippen molar-refractivity contribution in [1.82, 2.24) is 20.4 Å². The molecule has 3 N–H and O–H groups in total. The number of fused-ring (bicyclic) bond motifs is 2. The Balaban J connectivity index is 1.09. The van der Waals surface area contributed by atoms with Crippen molar-refractivity contribution in [2.45, 2.75) is 75.7 Å². The Morgan fingerprint density at radius 2 is 1.77 bits per heavy atom. The maximum Gasteiger partial charge on any atom is 0.252 e. The van der Waals surface area contributed by atoms with E-state index in [2.05, 4.69) is 10.6 Å². The third-order valence-electron chi connectivity index (χ3n) is 10.4. The minimum Gasteiger partial charge on any atom is -0.492 e. The number of carbonyl (C=O) groups excluding carboxylic acids is 2. The number of aryl methyl sites for hydroxylation is 2. The Kier molecular flexibility index (Phi) is 10.9. The molecular weight excluding hydrogens is 673 g/mol. The van der Waals surface area contributed by atoms with E-state index < -0.39 is 35.3 Å². The Morgan fingerprint density at radius 1 is 0.981 bits per heavy atom. The topological polar surface area (TPSA) is 103 Å². The molecule has 9 nitrogen and oxygen atoms in total. The van der Waals surface area contributed by atoms with Crippen molar-refractivity contribution in [3.63, 3.8) is 0 Å². The summed E-state index contributed by atoms with van der Waals surface area (Å²) < 4.78 is 52.8. The first kappa shape index (κ1) is 36.0. The number of β-amino-alcohol motifs (C(OH)–C–C–N with tert-alkyl or cyclic N) is 1. The van der Waals surface area contributed by atoms with Crippen LogP contribution in [0.3, 0.4) is 0 Å². The van der Waals surface area contributed by atoms with E-state index >= 15 is 0 Å². The van der Waals surface area contributed by atoms with Crippen molar-refractivity contribution in [2.75, 3.05) is 39.4 Å². The van der Waals surface area contributed by atoms with Gasteiger partial charge in [-0.1, -0.05) is 36.4 Å². The van der Waals surface area contributed by atoms with Crippen LogP contribution in [0, 0.1) is 24.4 Å². The van der Waals surface area contributed by atoms with Crippen LogP contribution in [0.4, 0.5) is 13.2 Å². The minimum absolute atomic E-state index is 0.00697. The van der Waals surface area contributed by atoms with Crippen LogP contribution >= 0.6 is 0 Å². The maximum absolute atomic E-state index is 14.7. The normalized spacial score (nSPS) is 22.8. The van der Waals surface area contributed by atoms with Crippen LogP contribution in [0.25, 0.3) is 5.57 Å². The van der Waals surface area contributed by atoms with Crippen molar-refractivity contribution < 1.29 is 37.3 Å². The number of hydrogen-bond acceptors (Lipinski definition) is 7. The number of rotatable bonds is 13. The number of aliphatic hydroxyl groups excluding tert-OH is 1. The fraction of sp³-hybridized carbons (Fsp3) is 0.450. The molecule has 1 aliphatic carbocycles. The third-order valence-corrected chi connectivity index (χ3v) is 10.4. The van der Waals surface area contributed by atoms with Crippen molar-refractivity contribution in [3.05, 3.63) is 100 Å². The fourth-order valence-electron chi connectivity index (χ4n) is 7.59. The van der Waals surface area contributed by atoms with Gasteiger partial charge in [0.2, 0.25) is 11.7 Å². The Bertz CT molecular complexity index is 1820. The average molecular weight is 719 g/mol. The lowest BCUT2D eigenvalue weighted by Gasteiger charge is -2.45. The van der Waals surface area contributed by atoms with Gasteiger partial charge in [0.25, 0.3) is 5.91 Å². The molecule has 3 aliphatic heterocycles. The largest absolute Gasteiger partial charge is 0.492 e. The number of piperazine rings is 1. The van der Waals surface area contributed by atoms with E-state index in [1.807, 2.05) is 65.3 Å². The van der Waals surface area contributed by atoms with Crippen LogP contribution < -0.4 is 20.1 Å². The minimum atomic E-state index is -1.34. The van der Waals surface area contributed by atoms with Crippen molar-refractivity contribution in [2.24, 2.45) is 0 Å². The predicted molar refractivity (Wildman–Crippen MR) is 189 cm³/mol. The van der Waals surface area contributed by atoms with Crippen LogP contribution in [0.1, 0.15) is 48.8 Å². The number of amides is 2. The summed E-state index contributed by atoms with van der Waals surface area (Å²) in [6.45, 7) is 4.03. The van der Waals surface area contributed by atoms with Crippen molar-refractivity contribution >= 4 is 17.4 Å². The monoisotopic (exact) mass is 718 g/mol. The van der Waals surface area contributed by atoms with Gasteiger partial charge in [0.05, 0.1) is 31.3 Å². The summed E-state index contributed by atoms with van der Waals surface area (Å²) in [5.41, 5.74) is 4.62. The molecule has 4 aliphatic rings. The molecule has 1 saturated carbocycles. The van der Waals surface area contributed by atoms with Gasteiger partial charge in [-0.2, -0.15) is 4.39 Å². The summed E-state index contributed by atoms with van der Waals surface area (Å²) in [6.07, 6.45) is 3.24. The van der Waals surface area contributed by atoms with E-state index in [4.69, 9.17) is 9.47 Å². The van der Waals surface area contributed by atoms with Gasteiger partial charge in [0.1, 0.15) is 12.4 Å². The Morgan fingerprint density at radius 3 is 2.50 bits per heavy atom. The molecule has 4 atom stereocenters. The smallest absolute Gasteiger partial charge is 0.252 e. The van der Waals surface area contributed by atoms with E-state index in [1.54, 1.807) is 0 Å². The summed E-state index contributed by atoms with van der Waals surface area (Å²) in [6, 6.07) is 16.6. The second-order valence-corrected chi connectivity index (χ2v) is 14.3. The molecule has 0 radical (unpaired) electrons. The molecular formula is C40H45F3N4O5. The molecule has 0 aromatic heterocycles. The van der Waals surface area contributed by atoms with E-state index in [-0.39, 0.29) is 36.5 Å². The first-order valence-electron chi connectivity index (χ1n) is 18.2. The van der Waals surface area contributed by atoms with Gasteiger partial charge in [-0.25, -0.2) is 8.78 Å². The molecule has 7 rings (SSSR count). The number of carbonyl (C=O) groups is 2. The van der Waals surface area contributed by atoms with E-state index in [0.29, 0.717) is 64.0 Å². The average Bonchev–Trinajstić information content (AvgIpc) is 3.89. The van der Waals surface area contributed by atoms with Crippen LogP contribution in [-0.4, -0.2) is 96.4 Å². The molecule has 3 fully saturated rings. The molecule has 3 aromatic carbocycles. The summed E-state index contributed by atoms with van der Waals surface area (Å²) in [4.78, 5) is 32.0. The highest BCUT2D eigenvalue weighted by Crippen LogP contribution is 2.37.